The Labute approximate surface area is 141 Å². The normalized spacial score (nSPS) is 12.1. The van der Waals surface area contributed by atoms with Gasteiger partial charge < -0.3 is 10.2 Å². The zero-order valence-corrected chi connectivity index (χ0v) is 14.1. The minimum Gasteiger partial charge on any atom is -0.370 e. The molecular weight excluding hydrogens is 302 g/mol. The molecular formula is C18H21N5O. The van der Waals surface area contributed by atoms with Gasteiger partial charge in [0.25, 0.3) is 5.91 Å². The number of benzene rings is 1. The van der Waals surface area contributed by atoms with Crippen LogP contribution < -0.4 is 10.2 Å². The molecule has 6 nitrogen and oxygen atoms in total. The van der Waals surface area contributed by atoms with Gasteiger partial charge in [-0.05, 0) is 32.0 Å². The molecule has 0 bridgehead atoms. The molecule has 2 aromatic heterocycles. The molecule has 0 unspecified atom stereocenters. The predicted octanol–water partition coefficient (Wildman–Crippen LogP) is 2.29. The van der Waals surface area contributed by atoms with Gasteiger partial charge in [-0.1, -0.05) is 18.2 Å². The minimum absolute atomic E-state index is 0.138. The van der Waals surface area contributed by atoms with Crippen LogP contribution in [0.5, 0.6) is 0 Å². The van der Waals surface area contributed by atoms with Crippen LogP contribution in [0.4, 0.5) is 5.69 Å². The van der Waals surface area contributed by atoms with Crippen LogP contribution in [0.3, 0.4) is 0 Å². The number of imidazole rings is 1. The standard InChI is InChI=1S/C18H21N5O/c1-13(22(3)15-8-5-4-6-9-15)12-20-17(24)16-14(2)21-18-19-10-7-11-23(16)18/h4-11,13H,12H2,1-3H3,(H,20,24)/t13-/m1/s1. The molecule has 3 rings (SSSR count). The summed E-state index contributed by atoms with van der Waals surface area (Å²) in [5, 5.41) is 3.00. The molecule has 1 aromatic carbocycles. The van der Waals surface area contributed by atoms with Crippen LogP contribution in [0.25, 0.3) is 5.78 Å². The van der Waals surface area contributed by atoms with Gasteiger partial charge in [0, 0.05) is 37.7 Å². The van der Waals surface area contributed by atoms with E-state index in [1.807, 2.05) is 32.2 Å². The first-order valence-corrected chi connectivity index (χ1v) is 7.93. The van der Waals surface area contributed by atoms with Crippen LogP contribution in [0.15, 0.2) is 48.8 Å². The third kappa shape index (κ3) is 3.08. The highest BCUT2D eigenvalue weighted by Gasteiger charge is 2.18. The molecule has 0 aliphatic heterocycles. The Balaban J connectivity index is 1.70. The molecule has 24 heavy (non-hydrogen) atoms. The number of aromatic nitrogens is 3. The second-order valence-corrected chi connectivity index (χ2v) is 5.84. The number of fused-ring (bicyclic) bond motifs is 1. The third-order valence-corrected chi connectivity index (χ3v) is 4.18. The number of anilines is 1. The number of amides is 1. The third-order valence-electron chi connectivity index (χ3n) is 4.18. The number of para-hydroxylation sites is 1. The second kappa shape index (κ2) is 6.70. The van der Waals surface area contributed by atoms with Crippen molar-refractivity contribution in [1.82, 2.24) is 19.7 Å². The molecule has 124 valence electrons. The Bertz CT molecular complexity index is 843. The highest BCUT2D eigenvalue weighted by atomic mass is 16.2. The molecule has 0 saturated carbocycles. The maximum atomic E-state index is 12.6. The number of hydrogen-bond acceptors (Lipinski definition) is 4. The monoisotopic (exact) mass is 323 g/mol. The summed E-state index contributed by atoms with van der Waals surface area (Å²) in [6.45, 7) is 4.44. The molecule has 0 radical (unpaired) electrons. The fourth-order valence-corrected chi connectivity index (χ4v) is 2.65. The first-order chi connectivity index (χ1) is 11.6. The fourth-order valence-electron chi connectivity index (χ4n) is 2.65. The number of hydrogen-bond donors (Lipinski definition) is 1. The van der Waals surface area contributed by atoms with Crippen molar-refractivity contribution in [2.45, 2.75) is 19.9 Å². The van der Waals surface area contributed by atoms with E-state index in [-0.39, 0.29) is 11.9 Å². The van der Waals surface area contributed by atoms with E-state index in [4.69, 9.17) is 0 Å². The van der Waals surface area contributed by atoms with E-state index in [0.717, 1.165) is 5.69 Å². The highest BCUT2D eigenvalue weighted by Crippen LogP contribution is 2.14. The Morgan fingerprint density at radius 1 is 1.29 bits per heavy atom. The summed E-state index contributed by atoms with van der Waals surface area (Å²) >= 11 is 0. The highest BCUT2D eigenvalue weighted by molar-refractivity contribution is 5.94. The fraction of sp³-hybridized carbons (Fsp3) is 0.278. The van der Waals surface area contributed by atoms with Gasteiger partial charge in [-0.15, -0.1) is 0 Å². The first kappa shape index (κ1) is 16.0. The lowest BCUT2D eigenvalue weighted by Crippen LogP contribution is -2.40. The average molecular weight is 323 g/mol. The van der Waals surface area contributed by atoms with Crippen LogP contribution in [-0.2, 0) is 0 Å². The van der Waals surface area contributed by atoms with E-state index < -0.39 is 0 Å². The molecule has 0 aliphatic carbocycles. The number of aryl methyl sites for hydroxylation is 1. The van der Waals surface area contributed by atoms with Crippen molar-refractivity contribution in [3.05, 3.63) is 60.2 Å². The molecule has 1 N–H and O–H groups in total. The van der Waals surface area contributed by atoms with Crippen molar-refractivity contribution in [1.29, 1.82) is 0 Å². The van der Waals surface area contributed by atoms with E-state index in [2.05, 4.69) is 39.2 Å². The van der Waals surface area contributed by atoms with Crippen LogP contribution >= 0.6 is 0 Å². The van der Waals surface area contributed by atoms with Crippen LogP contribution in [0.1, 0.15) is 23.1 Å². The number of nitrogens with zero attached hydrogens (tertiary/aromatic N) is 4. The largest absolute Gasteiger partial charge is 0.370 e. The van der Waals surface area contributed by atoms with Gasteiger partial charge in [0.2, 0.25) is 5.78 Å². The molecule has 6 heteroatoms. The zero-order valence-electron chi connectivity index (χ0n) is 14.1. The molecule has 1 amide bonds. The summed E-state index contributed by atoms with van der Waals surface area (Å²) in [6, 6.07) is 12.1. The molecule has 0 saturated heterocycles. The molecule has 1 atom stereocenters. The number of carbonyl (C=O) groups excluding carboxylic acids is 1. The van der Waals surface area contributed by atoms with Crippen molar-refractivity contribution in [3.8, 4) is 0 Å². The first-order valence-electron chi connectivity index (χ1n) is 7.93. The van der Waals surface area contributed by atoms with Gasteiger partial charge in [-0.25, -0.2) is 9.97 Å². The lowest BCUT2D eigenvalue weighted by molar-refractivity contribution is 0.0945. The van der Waals surface area contributed by atoms with Crippen molar-refractivity contribution in [2.75, 3.05) is 18.5 Å². The van der Waals surface area contributed by atoms with E-state index in [9.17, 15) is 4.79 Å². The Kier molecular flexibility index (Phi) is 4.46. The van der Waals surface area contributed by atoms with Crippen molar-refractivity contribution < 1.29 is 4.79 Å². The van der Waals surface area contributed by atoms with E-state index in [1.165, 1.54) is 0 Å². The van der Waals surface area contributed by atoms with Gasteiger partial charge in [-0.2, -0.15) is 0 Å². The summed E-state index contributed by atoms with van der Waals surface area (Å²) in [5.41, 5.74) is 2.33. The Morgan fingerprint density at radius 3 is 2.79 bits per heavy atom. The number of nitrogens with one attached hydrogen (secondary N) is 1. The maximum absolute atomic E-state index is 12.6. The Morgan fingerprint density at radius 2 is 2.04 bits per heavy atom. The van der Waals surface area contributed by atoms with E-state index in [0.29, 0.717) is 23.7 Å². The van der Waals surface area contributed by atoms with Crippen molar-refractivity contribution in [3.63, 3.8) is 0 Å². The van der Waals surface area contributed by atoms with Crippen LogP contribution in [0.2, 0.25) is 0 Å². The quantitative estimate of drug-likeness (QED) is 0.782. The van der Waals surface area contributed by atoms with E-state index >= 15 is 0 Å². The minimum atomic E-state index is -0.138. The van der Waals surface area contributed by atoms with Gasteiger partial charge in [0.05, 0.1) is 5.69 Å². The number of rotatable bonds is 5. The SMILES string of the molecule is Cc1nc2ncccn2c1C(=O)NC[C@@H](C)N(C)c1ccccc1. The zero-order chi connectivity index (χ0) is 17.1. The topological polar surface area (TPSA) is 62.5 Å². The molecule has 2 heterocycles. The lowest BCUT2D eigenvalue weighted by Gasteiger charge is -2.27. The van der Waals surface area contributed by atoms with Crippen LogP contribution in [0, 0.1) is 6.92 Å². The van der Waals surface area contributed by atoms with Crippen LogP contribution in [-0.4, -0.2) is 39.9 Å². The van der Waals surface area contributed by atoms with E-state index in [1.54, 1.807) is 22.9 Å². The lowest BCUT2D eigenvalue weighted by atomic mass is 10.2. The summed E-state index contributed by atoms with van der Waals surface area (Å²) < 4.78 is 1.72. The summed E-state index contributed by atoms with van der Waals surface area (Å²) in [4.78, 5) is 23.2. The molecule has 0 spiro atoms. The molecule has 0 aliphatic rings. The summed E-state index contributed by atoms with van der Waals surface area (Å²) in [7, 11) is 2.02. The second-order valence-electron chi connectivity index (χ2n) is 5.84. The number of likely N-dealkylation sites (N-methyl/N-ethyl adjacent to an activating group) is 1. The summed E-state index contributed by atoms with van der Waals surface area (Å²) in [6.07, 6.45) is 3.47. The van der Waals surface area contributed by atoms with Gasteiger partial charge in [-0.3, -0.25) is 9.20 Å². The smallest absolute Gasteiger partial charge is 0.270 e. The van der Waals surface area contributed by atoms with Crippen molar-refractivity contribution in [2.24, 2.45) is 0 Å². The predicted molar refractivity (Wildman–Crippen MR) is 94.4 cm³/mol. The maximum Gasteiger partial charge on any atom is 0.270 e. The van der Waals surface area contributed by atoms with Crippen molar-refractivity contribution >= 4 is 17.4 Å². The number of carbonyl (C=O) groups is 1. The average Bonchev–Trinajstić information content (AvgIpc) is 2.95. The molecule has 0 fully saturated rings. The van der Waals surface area contributed by atoms with Gasteiger partial charge in [0.1, 0.15) is 5.69 Å². The van der Waals surface area contributed by atoms with Gasteiger partial charge in [0.15, 0.2) is 0 Å². The molecule has 3 aromatic rings. The Hall–Kier alpha value is -2.89. The van der Waals surface area contributed by atoms with Gasteiger partial charge >= 0.3 is 0 Å². The summed E-state index contributed by atoms with van der Waals surface area (Å²) in [5.74, 6) is 0.399.